The number of nitrogens with zero attached hydrogens (tertiary/aromatic N) is 5. The Bertz CT molecular complexity index is 2070. The van der Waals surface area contributed by atoms with Crippen molar-refractivity contribution in [3.05, 3.63) is 97.1 Å². The highest BCUT2D eigenvalue weighted by Crippen LogP contribution is 2.38. The van der Waals surface area contributed by atoms with Crippen LogP contribution in [-0.2, 0) is 4.74 Å². The first-order chi connectivity index (χ1) is 23.6. The van der Waals surface area contributed by atoms with Crippen LogP contribution >= 0.6 is 0 Å². The SMILES string of the molecule is COc1cc2c(Oc3ccc(-c4cccc5nc(C(N)=O)nc(-c6ccccc6)c45)nc3)ccnc2cc1OCCCN1CCOCC1. The molecule has 2 N–H and O–H groups in total. The lowest BCUT2D eigenvalue weighted by atomic mass is 9.99. The number of primary amides is 1. The maximum Gasteiger partial charge on any atom is 0.286 e. The Morgan fingerprint density at radius 1 is 0.896 bits per heavy atom. The Morgan fingerprint density at radius 3 is 2.52 bits per heavy atom. The van der Waals surface area contributed by atoms with E-state index in [1.165, 1.54) is 0 Å². The second-order valence-electron chi connectivity index (χ2n) is 11.3. The van der Waals surface area contributed by atoms with E-state index in [9.17, 15) is 4.79 Å². The summed E-state index contributed by atoms with van der Waals surface area (Å²) in [5.74, 6) is 1.66. The van der Waals surface area contributed by atoms with Crippen molar-refractivity contribution >= 4 is 27.7 Å². The summed E-state index contributed by atoms with van der Waals surface area (Å²) >= 11 is 0. The molecule has 1 aliphatic heterocycles. The van der Waals surface area contributed by atoms with Crippen LogP contribution in [0.15, 0.2) is 91.3 Å². The lowest BCUT2D eigenvalue weighted by Gasteiger charge is -2.26. The molecule has 0 atom stereocenters. The highest BCUT2D eigenvalue weighted by Gasteiger charge is 2.18. The summed E-state index contributed by atoms with van der Waals surface area (Å²) in [6.07, 6.45) is 4.27. The van der Waals surface area contributed by atoms with Gasteiger partial charge in [-0.15, -0.1) is 0 Å². The van der Waals surface area contributed by atoms with Gasteiger partial charge in [-0.25, -0.2) is 9.97 Å². The van der Waals surface area contributed by atoms with Crippen molar-refractivity contribution in [2.45, 2.75) is 6.42 Å². The fourth-order valence-corrected chi connectivity index (χ4v) is 5.82. The maximum absolute atomic E-state index is 12.1. The van der Waals surface area contributed by atoms with E-state index in [1.807, 2.05) is 78.9 Å². The summed E-state index contributed by atoms with van der Waals surface area (Å²) in [6, 6.07) is 24.6. The molecule has 242 valence electrons. The minimum atomic E-state index is -0.691. The minimum Gasteiger partial charge on any atom is -0.493 e. The number of aromatic nitrogens is 4. The third-order valence-corrected chi connectivity index (χ3v) is 8.20. The number of benzene rings is 3. The number of hydrogen-bond acceptors (Lipinski definition) is 10. The zero-order chi connectivity index (χ0) is 32.9. The second kappa shape index (κ2) is 14.0. The minimum absolute atomic E-state index is 0.0427. The number of carbonyl (C=O) groups is 1. The van der Waals surface area contributed by atoms with Crippen LogP contribution < -0.4 is 19.9 Å². The van der Waals surface area contributed by atoms with Gasteiger partial charge in [0.1, 0.15) is 11.5 Å². The lowest BCUT2D eigenvalue weighted by Crippen LogP contribution is -2.37. The van der Waals surface area contributed by atoms with Crippen molar-refractivity contribution in [1.82, 2.24) is 24.8 Å². The van der Waals surface area contributed by atoms with Crippen LogP contribution in [0.5, 0.6) is 23.0 Å². The van der Waals surface area contributed by atoms with E-state index in [-0.39, 0.29) is 5.82 Å². The zero-order valence-electron chi connectivity index (χ0n) is 26.5. The molecule has 11 nitrogen and oxygen atoms in total. The first kappa shape index (κ1) is 31.0. The number of hydrogen-bond donors (Lipinski definition) is 1. The van der Waals surface area contributed by atoms with Crippen LogP contribution in [0.25, 0.3) is 44.3 Å². The molecule has 4 heterocycles. The summed E-state index contributed by atoms with van der Waals surface area (Å²) in [7, 11) is 1.62. The lowest BCUT2D eigenvalue weighted by molar-refractivity contribution is 0.0357. The molecular weight excluding hydrogens is 608 g/mol. The molecule has 1 aliphatic rings. The average molecular weight is 643 g/mol. The van der Waals surface area contributed by atoms with Crippen molar-refractivity contribution in [2.75, 3.05) is 46.6 Å². The summed E-state index contributed by atoms with van der Waals surface area (Å²) in [5, 5.41) is 1.55. The Morgan fingerprint density at radius 2 is 1.75 bits per heavy atom. The fraction of sp³-hybridized carbons (Fsp3) is 0.216. The predicted molar refractivity (Wildman–Crippen MR) is 182 cm³/mol. The maximum atomic E-state index is 12.1. The summed E-state index contributed by atoms with van der Waals surface area (Å²) in [4.78, 5) is 32.7. The Kier molecular flexibility index (Phi) is 9.03. The average Bonchev–Trinajstić information content (AvgIpc) is 3.13. The number of morpholine rings is 1. The molecule has 11 heteroatoms. The van der Waals surface area contributed by atoms with Crippen LogP contribution in [0.4, 0.5) is 0 Å². The molecule has 7 rings (SSSR count). The van der Waals surface area contributed by atoms with Gasteiger partial charge in [-0.05, 0) is 36.8 Å². The zero-order valence-corrected chi connectivity index (χ0v) is 26.5. The van der Waals surface area contributed by atoms with Crippen molar-refractivity contribution in [3.8, 4) is 45.5 Å². The second-order valence-corrected chi connectivity index (χ2v) is 11.3. The topological polar surface area (TPSA) is 135 Å². The highest BCUT2D eigenvalue weighted by atomic mass is 16.5. The van der Waals surface area contributed by atoms with Gasteiger partial charge in [0.2, 0.25) is 5.82 Å². The van der Waals surface area contributed by atoms with Crippen LogP contribution in [0.3, 0.4) is 0 Å². The van der Waals surface area contributed by atoms with Crippen LogP contribution in [0.1, 0.15) is 17.0 Å². The van der Waals surface area contributed by atoms with Gasteiger partial charge in [0.05, 0.1) is 55.5 Å². The quantitative estimate of drug-likeness (QED) is 0.170. The van der Waals surface area contributed by atoms with E-state index in [2.05, 4.69) is 19.9 Å². The first-order valence-corrected chi connectivity index (χ1v) is 15.8. The molecule has 1 fully saturated rings. The largest absolute Gasteiger partial charge is 0.493 e. The summed E-state index contributed by atoms with van der Waals surface area (Å²) in [6.45, 7) is 5.00. The molecule has 0 spiro atoms. The molecule has 6 aromatic rings. The van der Waals surface area contributed by atoms with E-state index < -0.39 is 5.91 Å². The Hall–Kier alpha value is -5.65. The normalized spacial score (nSPS) is 13.4. The van der Waals surface area contributed by atoms with Gasteiger partial charge < -0.3 is 24.7 Å². The van der Waals surface area contributed by atoms with E-state index in [4.69, 9.17) is 29.7 Å². The van der Waals surface area contributed by atoms with Gasteiger partial charge in [0.15, 0.2) is 11.5 Å². The first-order valence-electron chi connectivity index (χ1n) is 15.8. The van der Waals surface area contributed by atoms with Gasteiger partial charge in [0, 0.05) is 53.8 Å². The molecule has 0 unspecified atom stereocenters. The third kappa shape index (κ3) is 6.59. The third-order valence-electron chi connectivity index (χ3n) is 8.20. The van der Waals surface area contributed by atoms with Crippen molar-refractivity contribution in [2.24, 2.45) is 5.73 Å². The number of nitrogens with two attached hydrogens (primary N) is 1. The fourth-order valence-electron chi connectivity index (χ4n) is 5.82. The molecule has 0 radical (unpaired) electrons. The van der Waals surface area contributed by atoms with Crippen molar-refractivity contribution < 1.29 is 23.7 Å². The number of methoxy groups -OCH3 is 1. The molecule has 0 aliphatic carbocycles. The standard InChI is InChI=1S/C37H34N6O5/c1-45-32-21-27-30(22-33(32)47-18-6-15-43-16-19-46-20-17-43)39-14-13-31(27)48-25-11-12-28(40-23-25)26-9-5-10-29-34(26)35(24-7-3-2-4-8-24)42-37(41-29)36(38)44/h2-5,7-14,21-23H,6,15-20H2,1H3,(H2,38,44). The molecule has 3 aromatic heterocycles. The monoisotopic (exact) mass is 642 g/mol. The number of pyridine rings is 2. The van der Waals surface area contributed by atoms with E-state index >= 15 is 0 Å². The molecule has 0 bridgehead atoms. The number of ether oxygens (including phenoxy) is 4. The van der Waals surface area contributed by atoms with Crippen molar-refractivity contribution in [1.29, 1.82) is 0 Å². The number of carbonyl (C=O) groups excluding carboxylic acids is 1. The smallest absolute Gasteiger partial charge is 0.286 e. The number of amides is 1. The van der Waals surface area contributed by atoms with Gasteiger partial charge in [-0.2, -0.15) is 0 Å². The molecule has 1 saturated heterocycles. The number of rotatable bonds is 11. The number of fused-ring (bicyclic) bond motifs is 2. The van der Waals surface area contributed by atoms with Gasteiger partial charge >= 0.3 is 0 Å². The molecule has 0 saturated carbocycles. The van der Waals surface area contributed by atoms with Crippen molar-refractivity contribution in [3.63, 3.8) is 0 Å². The van der Waals surface area contributed by atoms with Gasteiger partial charge in [-0.1, -0.05) is 42.5 Å². The van der Waals surface area contributed by atoms with E-state index in [0.29, 0.717) is 46.5 Å². The molecule has 48 heavy (non-hydrogen) atoms. The van der Waals surface area contributed by atoms with E-state index in [0.717, 1.165) is 66.7 Å². The van der Waals surface area contributed by atoms with Crippen LogP contribution in [0.2, 0.25) is 0 Å². The Labute approximate surface area is 277 Å². The van der Waals surface area contributed by atoms with Gasteiger partial charge in [-0.3, -0.25) is 19.7 Å². The summed E-state index contributed by atoms with van der Waals surface area (Å²) < 4.78 is 23.6. The van der Waals surface area contributed by atoms with Crippen LogP contribution in [0, 0.1) is 0 Å². The predicted octanol–water partition coefficient (Wildman–Crippen LogP) is 5.91. The Balaban J connectivity index is 1.14. The summed E-state index contributed by atoms with van der Waals surface area (Å²) in [5.41, 5.74) is 9.83. The molecule has 3 aromatic carbocycles. The highest BCUT2D eigenvalue weighted by molar-refractivity contribution is 6.04. The molecular formula is C37H34N6O5. The van der Waals surface area contributed by atoms with E-state index in [1.54, 1.807) is 19.5 Å². The molecule has 1 amide bonds. The van der Waals surface area contributed by atoms with Gasteiger partial charge in [0.25, 0.3) is 5.91 Å². The van der Waals surface area contributed by atoms with Crippen LogP contribution in [-0.4, -0.2) is 77.3 Å².